The number of allylic oxidation sites excluding steroid dienone is 1. The molecular weight excluding hydrogens is 344 g/mol. The third kappa shape index (κ3) is 3.68. The molecule has 0 atom stereocenters. The smallest absolute Gasteiger partial charge is 0.123 e. The monoisotopic (exact) mass is 376 g/mol. The minimum Gasteiger partial charge on any atom is -0.489 e. The normalized spacial score (nSPS) is 13.6. The highest BCUT2D eigenvalue weighted by Gasteiger charge is 2.35. The van der Waals surface area contributed by atoms with Crippen molar-refractivity contribution in [2.75, 3.05) is 6.61 Å². The van der Waals surface area contributed by atoms with Gasteiger partial charge in [-0.25, -0.2) is 0 Å². The molecule has 0 radical (unpaired) electrons. The largest absolute Gasteiger partial charge is 0.489 e. The summed E-state index contributed by atoms with van der Waals surface area (Å²) in [7, 11) is -1.96. The molecular formula is C25H32OSi. The summed E-state index contributed by atoms with van der Waals surface area (Å²) in [5.74, 6) is 1.07. The van der Waals surface area contributed by atoms with Gasteiger partial charge in [0, 0.05) is 0 Å². The van der Waals surface area contributed by atoms with Crippen molar-refractivity contribution in [1.29, 1.82) is 0 Å². The van der Waals surface area contributed by atoms with Crippen LogP contribution in [0.15, 0.2) is 49.1 Å². The first-order valence-corrected chi connectivity index (χ1v) is 12.8. The maximum atomic E-state index is 6.32. The molecule has 0 aliphatic heterocycles. The quantitative estimate of drug-likeness (QED) is 0.511. The summed E-state index contributed by atoms with van der Waals surface area (Å²) in [5.41, 5.74) is 5.51. The SMILES string of the molecule is C=CCOc1c(C(C)(C)C)cc(C)cc1[Si](C)(C)c1cccc2c1C=CC2. The van der Waals surface area contributed by atoms with E-state index < -0.39 is 8.07 Å². The lowest BCUT2D eigenvalue weighted by Crippen LogP contribution is -2.55. The van der Waals surface area contributed by atoms with Crippen LogP contribution >= 0.6 is 0 Å². The van der Waals surface area contributed by atoms with Crippen molar-refractivity contribution >= 4 is 24.5 Å². The van der Waals surface area contributed by atoms with E-state index in [1.54, 1.807) is 0 Å². The van der Waals surface area contributed by atoms with Gasteiger partial charge in [-0.15, -0.1) is 0 Å². The third-order valence-electron chi connectivity index (χ3n) is 5.55. The molecule has 1 aliphatic rings. The summed E-state index contributed by atoms with van der Waals surface area (Å²) < 4.78 is 6.32. The number of benzene rings is 2. The van der Waals surface area contributed by atoms with Crippen LogP contribution in [0.1, 0.15) is 43.0 Å². The standard InChI is InChI=1S/C25H32OSi/c1-8-15-26-24-21(25(3,4)5)16-18(2)17-23(24)27(6,7)22-14-10-12-19-11-9-13-20(19)22/h8-10,12-14,16-17H,1,11,15H2,2-7H3. The Hall–Kier alpha value is -2.06. The molecule has 0 fully saturated rings. The first-order valence-electron chi connectivity index (χ1n) is 9.84. The highest BCUT2D eigenvalue weighted by atomic mass is 28.3. The molecule has 0 amide bonds. The zero-order valence-corrected chi connectivity index (χ0v) is 18.6. The molecule has 2 aromatic carbocycles. The minimum absolute atomic E-state index is 0.0281. The molecule has 142 valence electrons. The van der Waals surface area contributed by atoms with Gasteiger partial charge in [0.2, 0.25) is 0 Å². The van der Waals surface area contributed by atoms with Gasteiger partial charge >= 0.3 is 0 Å². The van der Waals surface area contributed by atoms with Crippen molar-refractivity contribution < 1.29 is 4.74 Å². The zero-order chi connectivity index (χ0) is 19.8. The Bertz CT molecular complexity index is 897. The summed E-state index contributed by atoms with van der Waals surface area (Å²) in [5, 5.41) is 2.89. The third-order valence-corrected chi connectivity index (χ3v) is 9.05. The molecule has 1 aliphatic carbocycles. The second-order valence-electron chi connectivity index (χ2n) is 9.15. The second-order valence-corrected chi connectivity index (χ2v) is 13.5. The minimum atomic E-state index is -1.96. The van der Waals surface area contributed by atoms with Gasteiger partial charge in [-0.1, -0.05) is 94.6 Å². The number of hydrogen-bond acceptors (Lipinski definition) is 1. The maximum absolute atomic E-state index is 6.32. The Morgan fingerprint density at radius 1 is 1.15 bits per heavy atom. The van der Waals surface area contributed by atoms with E-state index in [4.69, 9.17) is 4.74 Å². The fourth-order valence-corrected chi connectivity index (χ4v) is 7.16. The molecule has 0 spiro atoms. The number of ether oxygens (including phenoxy) is 1. The molecule has 0 saturated carbocycles. The topological polar surface area (TPSA) is 9.23 Å². The van der Waals surface area contributed by atoms with E-state index in [0.717, 1.165) is 12.2 Å². The second kappa shape index (κ2) is 7.16. The molecule has 2 aromatic rings. The van der Waals surface area contributed by atoms with Crippen LogP contribution in [0.4, 0.5) is 0 Å². The molecule has 0 unspecified atom stereocenters. The molecule has 0 bridgehead atoms. The van der Waals surface area contributed by atoms with E-state index >= 15 is 0 Å². The molecule has 27 heavy (non-hydrogen) atoms. The lowest BCUT2D eigenvalue weighted by atomic mass is 9.85. The van der Waals surface area contributed by atoms with Crippen molar-refractivity contribution in [2.45, 2.75) is 52.6 Å². The van der Waals surface area contributed by atoms with E-state index in [2.05, 4.69) is 89.9 Å². The number of hydrogen-bond donors (Lipinski definition) is 0. The maximum Gasteiger partial charge on any atom is 0.123 e. The number of rotatable bonds is 5. The Labute approximate surface area is 165 Å². The highest BCUT2D eigenvalue weighted by molar-refractivity contribution is 7.01. The van der Waals surface area contributed by atoms with Gasteiger partial charge in [0.15, 0.2) is 0 Å². The lowest BCUT2D eigenvalue weighted by molar-refractivity contribution is 0.354. The molecule has 0 aromatic heterocycles. The Kier molecular flexibility index (Phi) is 5.22. The molecule has 0 N–H and O–H groups in total. The van der Waals surface area contributed by atoms with Crippen molar-refractivity contribution in [1.82, 2.24) is 0 Å². The Balaban J connectivity index is 2.26. The fraction of sp³-hybridized carbons (Fsp3) is 0.360. The van der Waals surface area contributed by atoms with Crippen LogP contribution in [-0.4, -0.2) is 14.7 Å². The van der Waals surface area contributed by atoms with Gasteiger partial charge in [0.1, 0.15) is 20.4 Å². The summed E-state index contributed by atoms with van der Waals surface area (Å²) >= 11 is 0. The van der Waals surface area contributed by atoms with Crippen molar-refractivity contribution in [3.05, 3.63) is 71.3 Å². The van der Waals surface area contributed by atoms with Crippen LogP contribution in [0.5, 0.6) is 5.75 Å². The fourth-order valence-electron chi connectivity index (χ4n) is 4.07. The highest BCUT2D eigenvalue weighted by Crippen LogP contribution is 2.33. The van der Waals surface area contributed by atoms with Gasteiger partial charge in [-0.2, -0.15) is 0 Å². The Morgan fingerprint density at radius 2 is 1.89 bits per heavy atom. The van der Waals surface area contributed by atoms with E-state index in [1.807, 2.05) is 6.08 Å². The van der Waals surface area contributed by atoms with Crippen molar-refractivity contribution in [2.24, 2.45) is 0 Å². The van der Waals surface area contributed by atoms with Crippen molar-refractivity contribution in [3.8, 4) is 5.75 Å². The van der Waals surface area contributed by atoms with Gasteiger partial charge < -0.3 is 4.74 Å². The summed E-state index contributed by atoms with van der Waals surface area (Å²) in [6, 6.07) is 11.5. The molecule has 0 heterocycles. The van der Waals surface area contributed by atoms with Gasteiger partial charge in [0.25, 0.3) is 0 Å². The van der Waals surface area contributed by atoms with Gasteiger partial charge in [-0.05, 0) is 45.8 Å². The van der Waals surface area contributed by atoms with Crippen LogP contribution in [0.25, 0.3) is 6.08 Å². The van der Waals surface area contributed by atoms with Gasteiger partial charge in [0.05, 0.1) is 0 Å². The van der Waals surface area contributed by atoms with Crippen LogP contribution in [-0.2, 0) is 11.8 Å². The van der Waals surface area contributed by atoms with Crippen LogP contribution in [0, 0.1) is 6.92 Å². The number of fused-ring (bicyclic) bond motifs is 1. The predicted octanol–water partition coefficient (Wildman–Crippen LogP) is 5.25. The average Bonchev–Trinajstić information content (AvgIpc) is 3.07. The summed E-state index contributed by atoms with van der Waals surface area (Å²) in [4.78, 5) is 0. The Morgan fingerprint density at radius 3 is 2.56 bits per heavy atom. The van der Waals surface area contributed by atoms with Crippen LogP contribution < -0.4 is 15.1 Å². The van der Waals surface area contributed by atoms with Gasteiger partial charge in [-0.3, -0.25) is 0 Å². The molecule has 0 saturated heterocycles. The molecule has 1 nitrogen and oxygen atoms in total. The van der Waals surface area contributed by atoms with Crippen molar-refractivity contribution in [3.63, 3.8) is 0 Å². The van der Waals surface area contributed by atoms with Crippen LogP contribution in [0.2, 0.25) is 13.1 Å². The summed E-state index contributed by atoms with van der Waals surface area (Å²) in [6.45, 7) is 18.3. The first-order chi connectivity index (χ1) is 12.7. The molecule has 3 rings (SSSR count). The first kappa shape index (κ1) is 19.7. The zero-order valence-electron chi connectivity index (χ0n) is 17.6. The average molecular weight is 377 g/mol. The van der Waals surface area contributed by atoms with E-state index in [-0.39, 0.29) is 5.41 Å². The molecule has 2 heteroatoms. The number of aryl methyl sites for hydroxylation is 1. The van der Waals surface area contributed by atoms with E-state index in [1.165, 1.54) is 32.6 Å². The lowest BCUT2D eigenvalue weighted by Gasteiger charge is -2.32. The van der Waals surface area contributed by atoms with Crippen LogP contribution in [0.3, 0.4) is 0 Å². The predicted molar refractivity (Wildman–Crippen MR) is 122 cm³/mol. The van der Waals surface area contributed by atoms with E-state index in [9.17, 15) is 0 Å². The summed E-state index contributed by atoms with van der Waals surface area (Å²) in [6.07, 6.45) is 7.48. The van der Waals surface area contributed by atoms with E-state index in [0.29, 0.717) is 6.61 Å².